The van der Waals surface area contributed by atoms with Gasteiger partial charge in [0.15, 0.2) is 0 Å². The Morgan fingerprint density at radius 3 is 2.63 bits per heavy atom. The Hall–Kier alpha value is -1.90. The van der Waals surface area contributed by atoms with Crippen LogP contribution in [-0.2, 0) is 4.79 Å². The first-order valence-corrected chi connectivity index (χ1v) is 6.91. The SMILES string of the molecule is O=C(N/N=C\C=C\c1ccccc1)C1CCCCC1. The molecule has 0 atom stereocenters. The molecular weight excluding hydrogens is 236 g/mol. The highest BCUT2D eigenvalue weighted by molar-refractivity contribution is 5.82. The largest absolute Gasteiger partial charge is 0.273 e. The van der Waals surface area contributed by atoms with Crippen LogP contribution >= 0.6 is 0 Å². The molecule has 1 fully saturated rings. The second-order valence-electron chi connectivity index (χ2n) is 4.86. The first-order chi connectivity index (χ1) is 9.36. The van der Waals surface area contributed by atoms with E-state index in [1.54, 1.807) is 6.21 Å². The predicted molar refractivity (Wildman–Crippen MR) is 78.7 cm³/mol. The number of rotatable bonds is 4. The van der Waals surface area contributed by atoms with Crippen molar-refractivity contribution >= 4 is 18.2 Å². The van der Waals surface area contributed by atoms with Gasteiger partial charge in [0.1, 0.15) is 0 Å². The minimum atomic E-state index is 0.0593. The number of hydrogen-bond acceptors (Lipinski definition) is 2. The van der Waals surface area contributed by atoms with Crippen molar-refractivity contribution in [2.45, 2.75) is 32.1 Å². The molecule has 0 spiro atoms. The summed E-state index contributed by atoms with van der Waals surface area (Å²) < 4.78 is 0. The topological polar surface area (TPSA) is 41.5 Å². The summed E-state index contributed by atoms with van der Waals surface area (Å²) in [6, 6.07) is 10.00. The third-order valence-corrected chi connectivity index (χ3v) is 3.40. The van der Waals surface area contributed by atoms with Crippen molar-refractivity contribution in [2.75, 3.05) is 0 Å². The summed E-state index contributed by atoms with van der Waals surface area (Å²) in [5, 5.41) is 3.95. The zero-order valence-electron chi connectivity index (χ0n) is 11.1. The van der Waals surface area contributed by atoms with E-state index < -0.39 is 0 Å². The molecule has 0 saturated heterocycles. The average molecular weight is 256 g/mol. The number of benzene rings is 1. The van der Waals surface area contributed by atoms with Crippen LogP contribution in [0.4, 0.5) is 0 Å². The fraction of sp³-hybridized carbons (Fsp3) is 0.375. The van der Waals surface area contributed by atoms with E-state index in [2.05, 4.69) is 10.5 Å². The number of nitrogens with zero attached hydrogens (tertiary/aromatic N) is 1. The maximum absolute atomic E-state index is 11.8. The maximum atomic E-state index is 11.8. The normalized spacial score (nSPS) is 17.1. The van der Waals surface area contributed by atoms with E-state index in [0.29, 0.717) is 0 Å². The van der Waals surface area contributed by atoms with E-state index in [1.165, 1.54) is 6.42 Å². The minimum Gasteiger partial charge on any atom is -0.273 e. The summed E-state index contributed by atoms with van der Waals surface area (Å²) in [6.07, 6.45) is 11.0. The van der Waals surface area contributed by atoms with E-state index in [1.807, 2.05) is 42.5 Å². The summed E-state index contributed by atoms with van der Waals surface area (Å²) in [4.78, 5) is 11.8. The zero-order valence-corrected chi connectivity index (χ0v) is 11.1. The van der Waals surface area contributed by atoms with Gasteiger partial charge in [-0.2, -0.15) is 5.10 Å². The van der Waals surface area contributed by atoms with Crippen molar-refractivity contribution in [3.8, 4) is 0 Å². The number of nitrogens with one attached hydrogen (secondary N) is 1. The van der Waals surface area contributed by atoms with Crippen LogP contribution in [0.25, 0.3) is 6.08 Å². The van der Waals surface area contributed by atoms with Crippen molar-refractivity contribution in [1.29, 1.82) is 0 Å². The number of amides is 1. The highest BCUT2D eigenvalue weighted by Crippen LogP contribution is 2.23. The van der Waals surface area contributed by atoms with Crippen molar-refractivity contribution in [3.63, 3.8) is 0 Å². The van der Waals surface area contributed by atoms with Crippen molar-refractivity contribution in [1.82, 2.24) is 5.43 Å². The highest BCUT2D eigenvalue weighted by atomic mass is 16.2. The van der Waals surface area contributed by atoms with E-state index in [0.717, 1.165) is 31.2 Å². The second kappa shape index (κ2) is 7.52. The fourth-order valence-electron chi connectivity index (χ4n) is 2.32. The molecule has 3 heteroatoms. The molecule has 0 unspecified atom stereocenters. The fourth-order valence-corrected chi connectivity index (χ4v) is 2.32. The van der Waals surface area contributed by atoms with Gasteiger partial charge in [0.05, 0.1) is 0 Å². The Kier molecular flexibility index (Phi) is 5.35. The lowest BCUT2D eigenvalue weighted by atomic mass is 9.89. The van der Waals surface area contributed by atoms with Crippen LogP contribution in [0, 0.1) is 5.92 Å². The Morgan fingerprint density at radius 1 is 1.16 bits per heavy atom. The number of allylic oxidation sites excluding steroid dienone is 1. The van der Waals surface area contributed by atoms with Gasteiger partial charge in [-0.15, -0.1) is 0 Å². The van der Waals surface area contributed by atoms with E-state index >= 15 is 0 Å². The molecule has 1 aromatic rings. The van der Waals surface area contributed by atoms with Gasteiger partial charge in [-0.1, -0.05) is 55.7 Å². The van der Waals surface area contributed by atoms with Crippen LogP contribution in [-0.4, -0.2) is 12.1 Å². The van der Waals surface area contributed by atoms with Gasteiger partial charge >= 0.3 is 0 Å². The van der Waals surface area contributed by atoms with Gasteiger partial charge in [0, 0.05) is 12.1 Å². The average Bonchev–Trinajstić information content (AvgIpc) is 2.49. The molecule has 1 aliphatic carbocycles. The Balaban J connectivity index is 1.74. The van der Waals surface area contributed by atoms with Gasteiger partial charge in [-0.05, 0) is 24.5 Å². The molecule has 2 rings (SSSR count). The molecule has 0 heterocycles. The molecule has 0 bridgehead atoms. The number of hydrazone groups is 1. The van der Waals surface area contributed by atoms with E-state index in [4.69, 9.17) is 0 Å². The number of carbonyl (C=O) groups is 1. The lowest BCUT2D eigenvalue weighted by molar-refractivity contribution is -0.125. The number of carbonyl (C=O) groups excluding carboxylic acids is 1. The first-order valence-electron chi connectivity index (χ1n) is 6.91. The molecule has 3 nitrogen and oxygen atoms in total. The van der Waals surface area contributed by atoms with Crippen LogP contribution in [0.2, 0.25) is 0 Å². The molecule has 100 valence electrons. The molecule has 1 amide bonds. The molecule has 1 aromatic carbocycles. The summed E-state index contributed by atoms with van der Waals surface area (Å²) in [5.41, 5.74) is 3.74. The Morgan fingerprint density at radius 2 is 1.89 bits per heavy atom. The lowest BCUT2D eigenvalue weighted by Gasteiger charge is -2.19. The Bertz CT molecular complexity index is 445. The number of hydrogen-bond donors (Lipinski definition) is 1. The van der Waals surface area contributed by atoms with Gasteiger partial charge in [0.25, 0.3) is 0 Å². The van der Waals surface area contributed by atoms with Crippen LogP contribution in [0.1, 0.15) is 37.7 Å². The van der Waals surface area contributed by atoms with E-state index in [9.17, 15) is 4.79 Å². The molecule has 19 heavy (non-hydrogen) atoms. The van der Waals surface area contributed by atoms with Gasteiger partial charge in [-0.3, -0.25) is 4.79 Å². The quantitative estimate of drug-likeness (QED) is 0.651. The van der Waals surface area contributed by atoms with Gasteiger partial charge in [-0.25, -0.2) is 5.43 Å². The third-order valence-electron chi connectivity index (χ3n) is 3.40. The van der Waals surface area contributed by atoms with Crippen molar-refractivity contribution in [3.05, 3.63) is 42.0 Å². The monoisotopic (exact) mass is 256 g/mol. The summed E-state index contributed by atoms with van der Waals surface area (Å²) in [5.74, 6) is 0.216. The van der Waals surface area contributed by atoms with Gasteiger partial charge < -0.3 is 0 Å². The van der Waals surface area contributed by atoms with E-state index in [-0.39, 0.29) is 11.8 Å². The van der Waals surface area contributed by atoms with Crippen molar-refractivity contribution < 1.29 is 4.79 Å². The second-order valence-corrected chi connectivity index (χ2v) is 4.86. The minimum absolute atomic E-state index is 0.0593. The molecule has 1 N–H and O–H groups in total. The maximum Gasteiger partial charge on any atom is 0.243 e. The van der Waals surface area contributed by atoms with Crippen LogP contribution < -0.4 is 5.43 Å². The zero-order chi connectivity index (χ0) is 13.3. The van der Waals surface area contributed by atoms with Crippen LogP contribution in [0.5, 0.6) is 0 Å². The van der Waals surface area contributed by atoms with Crippen molar-refractivity contribution in [2.24, 2.45) is 11.0 Å². The lowest BCUT2D eigenvalue weighted by Crippen LogP contribution is -2.28. The highest BCUT2D eigenvalue weighted by Gasteiger charge is 2.20. The molecule has 1 saturated carbocycles. The predicted octanol–water partition coefficient (Wildman–Crippen LogP) is 3.38. The van der Waals surface area contributed by atoms with Crippen LogP contribution in [0.15, 0.2) is 41.5 Å². The molecule has 0 radical (unpaired) electrons. The molecule has 0 aromatic heterocycles. The molecule has 1 aliphatic rings. The van der Waals surface area contributed by atoms with Crippen LogP contribution in [0.3, 0.4) is 0 Å². The molecular formula is C16H20N2O. The third kappa shape index (κ3) is 4.70. The van der Waals surface area contributed by atoms with Gasteiger partial charge in [0.2, 0.25) is 5.91 Å². The summed E-state index contributed by atoms with van der Waals surface area (Å²) in [7, 11) is 0. The standard InChI is InChI=1S/C16H20N2O/c19-16(15-11-5-2-6-12-15)18-17-13-7-10-14-8-3-1-4-9-14/h1,3-4,7-10,13,15H,2,5-6,11-12H2,(H,18,19)/b10-7+,17-13-. The Labute approximate surface area is 114 Å². The molecule has 0 aliphatic heterocycles. The smallest absolute Gasteiger partial charge is 0.243 e. The summed E-state index contributed by atoms with van der Waals surface area (Å²) in [6.45, 7) is 0. The summed E-state index contributed by atoms with van der Waals surface area (Å²) >= 11 is 0. The first kappa shape index (κ1) is 13.5.